The van der Waals surface area contributed by atoms with E-state index in [1.807, 2.05) is 0 Å². The third-order valence-electron chi connectivity index (χ3n) is 3.22. The van der Waals surface area contributed by atoms with Crippen molar-refractivity contribution in [3.8, 4) is 0 Å². The highest BCUT2D eigenvalue weighted by atomic mass is 19.1. The lowest BCUT2D eigenvalue weighted by molar-refractivity contribution is -0.146. The molecule has 0 aromatic carbocycles. The van der Waals surface area contributed by atoms with Crippen LogP contribution in [0.3, 0.4) is 0 Å². The number of rotatable bonds is 3. The van der Waals surface area contributed by atoms with E-state index < -0.39 is 41.9 Å². The van der Waals surface area contributed by atoms with Crippen molar-refractivity contribution in [1.82, 2.24) is 4.90 Å². The Bertz CT molecular complexity index is 381. The van der Waals surface area contributed by atoms with Crippen molar-refractivity contribution < 1.29 is 28.9 Å². The normalized spacial score (nSPS) is 26.2. The maximum absolute atomic E-state index is 13.5. The number of carbonyl (C=O) groups excluding carboxylic acids is 1. The second-order valence-electron chi connectivity index (χ2n) is 6.15. The number of ether oxygens (including phenoxy) is 1. The minimum Gasteiger partial charge on any atom is -0.481 e. The molecule has 1 amide bonds. The number of likely N-dealkylation sites (tertiary alicyclic amines) is 1. The summed E-state index contributed by atoms with van der Waals surface area (Å²) >= 11 is 0. The molecule has 1 aliphatic heterocycles. The van der Waals surface area contributed by atoms with Gasteiger partial charge >= 0.3 is 12.1 Å². The van der Waals surface area contributed by atoms with Crippen LogP contribution in [0.1, 0.15) is 34.1 Å². The molecule has 0 aromatic rings. The Labute approximate surface area is 117 Å². The summed E-state index contributed by atoms with van der Waals surface area (Å²) in [6, 6.07) is -0.883. The predicted molar refractivity (Wildman–Crippen MR) is 69.0 cm³/mol. The molecule has 2 N–H and O–H groups in total. The summed E-state index contributed by atoms with van der Waals surface area (Å²) in [6.07, 6.45) is -3.44. The van der Waals surface area contributed by atoms with Gasteiger partial charge in [0.1, 0.15) is 11.8 Å². The van der Waals surface area contributed by atoms with Crippen LogP contribution >= 0.6 is 0 Å². The van der Waals surface area contributed by atoms with Crippen LogP contribution in [0.5, 0.6) is 0 Å². The van der Waals surface area contributed by atoms with Crippen molar-refractivity contribution >= 4 is 12.1 Å². The molecule has 20 heavy (non-hydrogen) atoms. The molecule has 0 saturated carbocycles. The van der Waals surface area contributed by atoms with Crippen molar-refractivity contribution in [2.75, 3.05) is 6.54 Å². The maximum Gasteiger partial charge on any atom is 0.410 e. The summed E-state index contributed by atoms with van der Waals surface area (Å²) < 4.78 is 18.7. The first-order valence-electron chi connectivity index (χ1n) is 6.57. The van der Waals surface area contributed by atoms with Gasteiger partial charge in [0, 0.05) is 6.42 Å². The molecular weight excluding hydrogens is 269 g/mol. The number of aliphatic hydroxyl groups excluding tert-OH is 1. The lowest BCUT2D eigenvalue weighted by Crippen LogP contribution is -2.48. The molecule has 4 atom stereocenters. The van der Waals surface area contributed by atoms with Crippen LogP contribution in [0.25, 0.3) is 0 Å². The van der Waals surface area contributed by atoms with Gasteiger partial charge in [0.2, 0.25) is 0 Å². The Kier molecular flexibility index (Phi) is 4.96. The number of halogens is 1. The van der Waals surface area contributed by atoms with E-state index in [0.29, 0.717) is 0 Å². The van der Waals surface area contributed by atoms with E-state index in [1.54, 1.807) is 20.8 Å². The van der Waals surface area contributed by atoms with Gasteiger partial charge in [-0.2, -0.15) is 0 Å². The number of nitrogens with zero attached hydrogens (tertiary/aromatic N) is 1. The van der Waals surface area contributed by atoms with Gasteiger partial charge in [0.15, 0.2) is 0 Å². The lowest BCUT2D eigenvalue weighted by atomic mass is 9.96. The third-order valence-corrected chi connectivity index (χ3v) is 3.22. The van der Waals surface area contributed by atoms with Gasteiger partial charge in [0.25, 0.3) is 0 Å². The summed E-state index contributed by atoms with van der Waals surface area (Å²) in [4.78, 5) is 24.0. The number of hydrogen-bond acceptors (Lipinski definition) is 4. The number of hydrogen-bond donors (Lipinski definition) is 2. The topological polar surface area (TPSA) is 87.1 Å². The average molecular weight is 291 g/mol. The van der Waals surface area contributed by atoms with E-state index in [1.165, 1.54) is 6.92 Å². The Morgan fingerprint density at radius 2 is 1.95 bits per heavy atom. The second kappa shape index (κ2) is 5.95. The van der Waals surface area contributed by atoms with E-state index in [-0.39, 0.29) is 13.0 Å². The van der Waals surface area contributed by atoms with Gasteiger partial charge in [-0.05, 0) is 27.7 Å². The molecule has 1 heterocycles. The molecular formula is C13H22FNO5. The fourth-order valence-corrected chi connectivity index (χ4v) is 2.15. The van der Waals surface area contributed by atoms with Crippen LogP contribution in [0.2, 0.25) is 0 Å². The van der Waals surface area contributed by atoms with Crippen molar-refractivity contribution in [3.05, 3.63) is 0 Å². The highest BCUT2D eigenvalue weighted by Crippen LogP contribution is 2.28. The average Bonchev–Trinajstić information content (AvgIpc) is 2.67. The van der Waals surface area contributed by atoms with E-state index in [2.05, 4.69) is 0 Å². The first-order valence-corrected chi connectivity index (χ1v) is 6.57. The molecule has 1 fully saturated rings. The predicted octanol–water partition coefficient (Wildman–Crippen LogP) is 1.42. The minimum absolute atomic E-state index is 0.0853. The Morgan fingerprint density at radius 3 is 2.40 bits per heavy atom. The standard InChI is InChI=1S/C13H22FNO5/c1-7(11(17)18)10(16)9-5-8(14)6-15(9)12(19)20-13(2,3)4/h7-10,16H,5-6H2,1-4H3,(H,17,18)/t7-,8+,9+,10-/m1/s1. The molecule has 0 aliphatic carbocycles. The van der Waals surface area contributed by atoms with Crippen molar-refractivity contribution in [2.45, 2.75) is 58.0 Å². The van der Waals surface area contributed by atoms with Gasteiger partial charge in [-0.15, -0.1) is 0 Å². The van der Waals surface area contributed by atoms with E-state index in [0.717, 1.165) is 4.90 Å². The molecule has 0 radical (unpaired) electrons. The molecule has 1 aliphatic rings. The third kappa shape index (κ3) is 4.06. The molecule has 0 spiro atoms. The van der Waals surface area contributed by atoms with E-state index in [4.69, 9.17) is 9.84 Å². The maximum atomic E-state index is 13.5. The van der Waals surface area contributed by atoms with Gasteiger partial charge in [0.05, 0.1) is 24.6 Å². The van der Waals surface area contributed by atoms with Crippen LogP contribution in [-0.2, 0) is 9.53 Å². The first kappa shape index (κ1) is 16.7. The Hall–Kier alpha value is -1.37. The zero-order valence-corrected chi connectivity index (χ0v) is 12.2. The number of carboxylic acids is 1. The van der Waals surface area contributed by atoms with Crippen LogP contribution in [0, 0.1) is 5.92 Å². The second-order valence-corrected chi connectivity index (χ2v) is 6.15. The van der Waals surface area contributed by atoms with Crippen LogP contribution < -0.4 is 0 Å². The van der Waals surface area contributed by atoms with Crippen molar-refractivity contribution in [2.24, 2.45) is 5.92 Å². The molecule has 1 rings (SSSR count). The molecule has 0 unspecified atom stereocenters. The number of carboxylic acid groups (broad SMARTS) is 1. The SMILES string of the molecule is C[C@@H](C(=O)O)[C@@H](O)[C@@H]1C[C@H](F)CN1C(=O)OC(C)(C)C. The van der Waals surface area contributed by atoms with Gasteiger partial charge in [-0.25, -0.2) is 9.18 Å². The molecule has 1 saturated heterocycles. The van der Waals surface area contributed by atoms with Gasteiger partial charge in [-0.3, -0.25) is 9.69 Å². The lowest BCUT2D eigenvalue weighted by Gasteiger charge is -2.31. The number of aliphatic hydroxyl groups is 1. The Balaban J connectivity index is 2.83. The zero-order valence-electron chi connectivity index (χ0n) is 12.2. The molecule has 6 nitrogen and oxygen atoms in total. The van der Waals surface area contributed by atoms with Crippen molar-refractivity contribution in [1.29, 1.82) is 0 Å². The van der Waals surface area contributed by atoms with E-state index >= 15 is 0 Å². The van der Waals surface area contributed by atoms with E-state index in [9.17, 15) is 19.1 Å². The number of alkyl halides is 1. The van der Waals surface area contributed by atoms with Crippen LogP contribution in [-0.4, -0.2) is 57.6 Å². The summed E-state index contributed by atoms with van der Waals surface area (Å²) in [7, 11) is 0. The minimum atomic E-state index is -1.33. The highest BCUT2D eigenvalue weighted by Gasteiger charge is 2.44. The van der Waals surface area contributed by atoms with Crippen molar-refractivity contribution in [3.63, 3.8) is 0 Å². The molecule has 116 valence electrons. The quantitative estimate of drug-likeness (QED) is 0.821. The summed E-state index contributed by atoms with van der Waals surface area (Å²) in [5.41, 5.74) is -0.737. The number of carbonyl (C=O) groups is 2. The molecule has 0 aromatic heterocycles. The fraction of sp³-hybridized carbons (Fsp3) is 0.846. The summed E-state index contributed by atoms with van der Waals surface area (Å²) in [6.45, 7) is 6.17. The highest BCUT2D eigenvalue weighted by molar-refractivity contribution is 5.72. The molecule has 0 bridgehead atoms. The smallest absolute Gasteiger partial charge is 0.410 e. The monoisotopic (exact) mass is 291 g/mol. The first-order chi connectivity index (χ1) is 9.03. The largest absolute Gasteiger partial charge is 0.481 e. The van der Waals surface area contributed by atoms with Gasteiger partial charge < -0.3 is 14.9 Å². The Morgan fingerprint density at radius 1 is 1.40 bits per heavy atom. The van der Waals surface area contributed by atoms with Crippen LogP contribution in [0.15, 0.2) is 0 Å². The summed E-state index contributed by atoms with van der Waals surface area (Å²) in [5.74, 6) is -2.28. The zero-order chi connectivity index (χ0) is 15.7. The molecule has 7 heteroatoms. The van der Waals surface area contributed by atoms with Gasteiger partial charge in [-0.1, -0.05) is 0 Å². The van der Waals surface area contributed by atoms with Crippen LogP contribution in [0.4, 0.5) is 9.18 Å². The number of amides is 1. The fourth-order valence-electron chi connectivity index (χ4n) is 2.15. The summed E-state index contributed by atoms with van der Waals surface area (Å²) in [5, 5.41) is 18.9. The number of aliphatic carboxylic acids is 1.